The first-order valence-electron chi connectivity index (χ1n) is 11.4. The minimum atomic E-state index is -0.544. The lowest BCUT2D eigenvalue weighted by Gasteiger charge is -2.19. The van der Waals surface area contributed by atoms with Crippen molar-refractivity contribution in [1.29, 1.82) is 0 Å². The monoisotopic (exact) mass is 460 g/mol. The molecule has 0 saturated heterocycles. The van der Waals surface area contributed by atoms with Crippen LogP contribution in [0, 0.1) is 5.92 Å². The number of ether oxygens (including phenoxy) is 3. The molecule has 1 aliphatic carbocycles. The fraction of sp³-hybridized carbons (Fsp3) is 0.296. The number of rotatable bonds is 7. The normalized spacial score (nSPS) is 14.2. The van der Waals surface area contributed by atoms with Crippen LogP contribution in [0.5, 0.6) is 17.2 Å². The number of amides is 1. The summed E-state index contributed by atoms with van der Waals surface area (Å²) in [6, 6.07) is 16.2. The third-order valence-corrected chi connectivity index (χ3v) is 6.10. The van der Waals surface area contributed by atoms with Gasteiger partial charge in [0.15, 0.2) is 11.5 Å². The van der Waals surface area contributed by atoms with Gasteiger partial charge in [-0.3, -0.25) is 4.79 Å². The number of nitrogens with zero attached hydrogens (tertiary/aromatic N) is 1. The van der Waals surface area contributed by atoms with E-state index in [1.165, 1.54) is 20.6 Å². The summed E-state index contributed by atoms with van der Waals surface area (Å²) in [6.45, 7) is 0. The topological polar surface area (TPSA) is 86.2 Å². The molecule has 3 aromatic rings. The Balaban J connectivity index is 1.59. The SMILES string of the molecule is COc1ccc(C(=O)Oc2ccc3ccccc3c2C=NNC(=O)C2CCCCC2)cc1OC. The molecule has 0 aromatic heterocycles. The van der Waals surface area contributed by atoms with Gasteiger partial charge in [0.05, 0.1) is 26.0 Å². The quantitative estimate of drug-likeness (QED) is 0.229. The summed E-state index contributed by atoms with van der Waals surface area (Å²) < 4.78 is 16.3. The fourth-order valence-corrected chi connectivity index (χ4v) is 4.24. The molecule has 0 spiro atoms. The average Bonchev–Trinajstić information content (AvgIpc) is 2.89. The van der Waals surface area contributed by atoms with E-state index in [-0.39, 0.29) is 11.8 Å². The number of nitrogens with one attached hydrogen (secondary N) is 1. The van der Waals surface area contributed by atoms with Gasteiger partial charge in [-0.2, -0.15) is 5.10 Å². The molecule has 0 aliphatic heterocycles. The van der Waals surface area contributed by atoms with Crippen LogP contribution in [0.1, 0.15) is 48.0 Å². The van der Waals surface area contributed by atoms with Gasteiger partial charge in [0.1, 0.15) is 5.75 Å². The van der Waals surface area contributed by atoms with Crippen molar-refractivity contribution in [2.45, 2.75) is 32.1 Å². The lowest BCUT2D eigenvalue weighted by atomic mass is 9.89. The highest BCUT2D eigenvalue weighted by Crippen LogP contribution is 2.30. The predicted octanol–water partition coefficient (Wildman–Crippen LogP) is 5.11. The average molecular weight is 461 g/mol. The maximum atomic E-state index is 12.9. The van der Waals surface area contributed by atoms with Crippen LogP contribution in [-0.2, 0) is 4.79 Å². The maximum Gasteiger partial charge on any atom is 0.343 e. The molecule has 1 saturated carbocycles. The Labute approximate surface area is 198 Å². The number of fused-ring (bicyclic) bond motifs is 1. The third-order valence-electron chi connectivity index (χ3n) is 6.10. The van der Waals surface area contributed by atoms with E-state index in [1.807, 2.05) is 30.3 Å². The highest BCUT2D eigenvalue weighted by atomic mass is 16.5. The molecule has 4 rings (SSSR count). The van der Waals surface area contributed by atoms with Gasteiger partial charge in [-0.25, -0.2) is 10.2 Å². The Morgan fingerprint density at radius 1 is 0.912 bits per heavy atom. The summed E-state index contributed by atoms with van der Waals surface area (Å²) in [5, 5.41) is 6.03. The van der Waals surface area contributed by atoms with Crippen molar-refractivity contribution in [3.05, 3.63) is 65.7 Å². The Kier molecular flexibility index (Phi) is 7.42. The van der Waals surface area contributed by atoms with E-state index in [2.05, 4.69) is 10.5 Å². The van der Waals surface area contributed by atoms with E-state index >= 15 is 0 Å². The van der Waals surface area contributed by atoms with Crippen molar-refractivity contribution in [3.8, 4) is 17.2 Å². The molecule has 0 bridgehead atoms. The second-order valence-corrected chi connectivity index (χ2v) is 8.23. The van der Waals surface area contributed by atoms with Crippen molar-refractivity contribution in [2.75, 3.05) is 14.2 Å². The first-order chi connectivity index (χ1) is 16.6. The summed E-state index contributed by atoms with van der Waals surface area (Å²) in [5.74, 6) is 0.682. The van der Waals surface area contributed by atoms with Crippen molar-refractivity contribution < 1.29 is 23.8 Å². The molecule has 0 atom stereocenters. The van der Waals surface area contributed by atoms with Crippen LogP contribution in [0.15, 0.2) is 59.7 Å². The maximum absolute atomic E-state index is 12.9. The van der Waals surface area contributed by atoms with E-state index in [9.17, 15) is 9.59 Å². The minimum absolute atomic E-state index is 0.000711. The van der Waals surface area contributed by atoms with Gasteiger partial charge in [-0.05, 0) is 47.9 Å². The molecule has 0 unspecified atom stereocenters. The third kappa shape index (κ3) is 5.20. The summed E-state index contributed by atoms with van der Waals surface area (Å²) in [7, 11) is 3.04. The van der Waals surface area contributed by atoms with Crippen LogP contribution >= 0.6 is 0 Å². The van der Waals surface area contributed by atoms with Gasteiger partial charge in [-0.15, -0.1) is 0 Å². The molecule has 34 heavy (non-hydrogen) atoms. The minimum Gasteiger partial charge on any atom is -0.493 e. The standard InChI is InChI=1S/C27H28N2O5/c1-32-24-15-13-20(16-25(24)33-2)27(31)34-23-14-12-18-8-6-7-11-21(18)22(23)17-28-29-26(30)19-9-4-3-5-10-19/h6-8,11-17,19H,3-5,9-10H2,1-2H3,(H,29,30). The van der Waals surface area contributed by atoms with Gasteiger partial charge >= 0.3 is 5.97 Å². The van der Waals surface area contributed by atoms with Gasteiger partial charge in [0.2, 0.25) is 5.91 Å². The Morgan fingerprint density at radius 2 is 1.65 bits per heavy atom. The highest BCUT2D eigenvalue weighted by molar-refractivity contribution is 6.04. The molecule has 1 aliphatic rings. The van der Waals surface area contributed by atoms with Crippen LogP contribution < -0.4 is 19.6 Å². The number of esters is 1. The number of hydrazone groups is 1. The number of carbonyl (C=O) groups excluding carboxylic acids is 2. The molecular formula is C27H28N2O5. The number of hydrogen-bond donors (Lipinski definition) is 1. The van der Waals surface area contributed by atoms with Gasteiger partial charge in [0, 0.05) is 11.5 Å². The molecule has 1 amide bonds. The summed E-state index contributed by atoms with van der Waals surface area (Å²) in [4.78, 5) is 25.4. The van der Waals surface area contributed by atoms with Crippen LogP contribution in [0.25, 0.3) is 10.8 Å². The van der Waals surface area contributed by atoms with E-state index < -0.39 is 5.97 Å². The number of carbonyl (C=O) groups is 2. The van der Waals surface area contributed by atoms with E-state index in [0.717, 1.165) is 36.5 Å². The predicted molar refractivity (Wildman–Crippen MR) is 131 cm³/mol. The number of benzene rings is 3. The van der Waals surface area contributed by atoms with Gasteiger partial charge in [-0.1, -0.05) is 49.6 Å². The van der Waals surface area contributed by atoms with Gasteiger partial charge in [0.25, 0.3) is 0 Å². The number of hydrogen-bond acceptors (Lipinski definition) is 6. The van der Waals surface area contributed by atoms with Crippen molar-refractivity contribution in [1.82, 2.24) is 5.43 Å². The summed E-state index contributed by atoms with van der Waals surface area (Å²) in [6.07, 6.45) is 6.65. The fourth-order valence-electron chi connectivity index (χ4n) is 4.24. The zero-order valence-electron chi connectivity index (χ0n) is 19.4. The van der Waals surface area contributed by atoms with Crippen molar-refractivity contribution >= 4 is 28.9 Å². The smallest absolute Gasteiger partial charge is 0.343 e. The lowest BCUT2D eigenvalue weighted by Crippen LogP contribution is -2.28. The molecule has 176 valence electrons. The second kappa shape index (κ2) is 10.8. The molecule has 1 fully saturated rings. The van der Waals surface area contributed by atoms with Crippen molar-refractivity contribution in [2.24, 2.45) is 11.0 Å². The largest absolute Gasteiger partial charge is 0.493 e. The summed E-state index contributed by atoms with van der Waals surface area (Å²) >= 11 is 0. The Morgan fingerprint density at radius 3 is 2.41 bits per heavy atom. The zero-order valence-corrected chi connectivity index (χ0v) is 19.4. The molecule has 0 heterocycles. The molecule has 7 heteroatoms. The van der Waals surface area contributed by atoms with Crippen molar-refractivity contribution in [3.63, 3.8) is 0 Å². The van der Waals surface area contributed by atoms with E-state index in [1.54, 1.807) is 30.5 Å². The molecular weight excluding hydrogens is 432 g/mol. The second-order valence-electron chi connectivity index (χ2n) is 8.23. The lowest BCUT2D eigenvalue weighted by molar-refractivity contribution is -0.125. The zero-order chi connectivity index (χ0) is 23.9. The van der Waals surface area contributed by atoms with Crippen LogP contribution in [-0.4, -0.2) is 32.3 Å². The van der Waals surface area contributed by atoms with Crippen LogP contribution in [0.2, 0.25) is 0 Å². The van der Waals surface area contributed by atoms with E-state index in [0.29, 0.717) is 28.4 Å². The van der Waals surface area contributed by atoms with Crippen LogP contribution in [0.4, 0.5) is 0 Å². The highest BCUT2D eigenvalue weighted by Gasteiger charge is 2.21. The first kappa shape index (κ1) is 23.3. The first-order valence-corrected chi connectivity index (χ1v) is 11.4. The molecule has 1 N–H and O–H groups in total. The summed E-state index contributed by atoms with van der Waals surface area (Å²) in [5.41, 5.74) is 3.59. The van der Waals surface area contributed by atoms with Gasteiger partial charge < -0.3 is 14.2 Å². The molecule has 3 aromatic carbocycles. The molecule has 0 radical (unpaired) electrons. The molecule has 7 nitrogen and oxygen atoms in total. The number of methoxy groups -OCH3 is 2. The Bertz CT molecular complexity index is 1210. The van der Waals surface area contributed by atoms with Crippen LogP contribution in [0.3, 0.4) is 0 Å². The Hall–Kier alpha value is -3.87. The van der Waals surface area contributed by atoms with E-state index in [4.69, 9.17) is 14.2 Å².